The summed E-state index contributed by atoms with van der Waals surface area (Å²) < 4.78 is 9.70. The van der Waals surface area contributed by atoms with E-state index in [1.807, 2.05) is 0 Å². The maximum atomic E-state index is 2.44. The maximum Gasteiger partial charge on any atom is 0.0541 e. The van der Waals surface area contributed by atoms with E-state index in [1.54, 1.807) is 0 Å². The van der Waals surface area contributed by atoms with Crippen LogP contribution in [0, 0.1) is 0 Å². The van der Waals surface area contributed by atoms with Crippen LogP contribution in [0.2, 0.25) is 0 Å². The van der Waals surface area contributed by atoms with E-state index in [0.29, 0.717) is 0 Å². The van der Waals surface area contributed by atoms with Crippen LogP contribution in [-0.2, 0) is 0 Å². The average molecular weight is 1520 g/mol. The highest BCUT2D eigenvalue weighted by atomic mass is 15.0. The molecule has 0 saturated carbocycles. The van der Waals surface area contributed by atoms with E-state index in [1.165, 1.54) is 241 Å². The fourth-order valence-corrected chi connectivity index (χ4v) is 20.9. The van der Waals surface area contributed by atoms with Gasteiger partial charge in [0, 0.05) is 65.5 Å². The van der Waals surface area contributed by atoms with Crippen molar-refractivity contribution in [2.24, 2.45) is 0 Å². The molecule has 0 spiro atoms. The molecule has 0 amide bonds. The van der Waals surface area contributed by atoms with Crippen molar-refractivity contribution in [2.45, 2.75) is 0 Å². The molecule has 0 fully saturated rings. The van der Waals surface area contributed by atoms with Crippen LogP contribution in [0.15, 0.2) is 425 Å². The largest absolute Gasteiger partial charge is 0.309 e. The second kappa shape index (κ2) is 25.8. The molecule has 0 saturated heterocycles. The lowest BCUT2D eigenvalue weighted by Gasteiger charge is -2.12. The first-order valence-electron chi connectivity index (χ1n) is 41.6. The van der Waals surface area contributed by atoms with E-state index in [0.717, 1.165) is 11.4 Å². The summed E-state index contributed by atoms with van der Waals surface area (Å²) in [7, 11) is 0. The van der Waals surface area contributed by atoms with Gasteiger partial charge in [-0.2, -0.15) is 0 Å². The number of benzene rings is 21. The second-order valence-electron chi connectivity index (χ2n) is 32.5. The smallest absolute Gasteiger partial charge is 0.0541 e. The lowest BCUT2D eigenvalue weighted by atomic mass is 9.94. The van der Waals surface area contributed by atoms with Gasteiger partial charge in [-0.3, -0.25) is 0 Å². The van der Waals surface area contributed by atoms with E-state index in [9.17, 15) is 0 Å². The molecule has 4 nitrogen and oxygen atoms in total. The Bertz CT molecular complexity index is 8700. The Morgan fingerprint density at radius 1 is 0.125 bits per heavy atom. The zero-order valence-electron chi connectivity index (χ0n) is 65.2. The summed E-state index contributed by atoms with van der Waals surface area (Å²) in [5.74, 6) is 0. The summed E-state index contributed by atoms with van der Waals surface area (Å²) >= 11 is 0. The van der Waals surface area contributed by atoms with Crippen molar-refractivity contribution in [3.05, 3.63) is 425 Å². The molecule has 4 aromatic heterocycles. The summed E-state index contributed by atoms with van der Waals surface area (Å²) in [5, 5.41) is 23.0. The fourth-order valence-electron chi connectivity index (χ4n) is 20.9. The number of hydrogen-bond donors (Lipinski definition) is 0. The summed E-state index contributed by atoms with van der Waals surface area (Å²) in [5.41, 5.74) is 34.7. The molecule has 0 aliphatic heterocycles. The van der Waals surface area contributed by atoms with Gasteiger partial charge < -0.3 is 18.3 Å². The first-order chi connectivity index (χ1) is 59.5. The molecule has 0 radical (unpaired) electrons. The molecule has 0 unspecified atom stereocenters. The van der Waals surface area contributed by atoms with Gasteiger partial charge in [0.2, 0.25) is 0 Å². The Balaban J connectivity index is 0.000000130. The van der Waals surface area contributed by atoms with Crippen molar-refractivity contribution in [3.8, 4) is 112 Å². The van der Waals surface area contributed by atoms with Crippen LogP contribution < -0.4 is 0 Å². The Labute approximate surface area is 691 Å². The molecule has 554 valence electrons. The van der Waals surface area contributed by atoms with E-state index in [-0.39, 0.29) is 0 Å². The number of rotatable bonds is 8. The minimum absolute atomic E-state index is 1.15. The third-order valence-electron chi connectivity index (χ3n) is 26.3. The number of hydrogen-bond acceptors (Lipinski definition) is 0. The van der Waals surface area contributed by atoms with Crippen molar-refractivity contribution in [1.82, 2.24) is 18.3 Å². The van der Waals surface area contributed by atoms with Crippen LogP contribution in [0.1, 0.15) is 0 Å². The van der Waals surface area contributed by atoms with Crippen molar-refractivity contribution >= 4 is 141 Å². The van der Waals surface area contributed by atoms with Crippen LogP contribution in [0.3, 0.4) is 0 Å². The van der Waals surface area contributed by atoms with Crippen LogP contribution >= 0.6 is 0 Å². The monoisotopic (exact) mass is 1520 g/mol. The Morgan fingerprint density at radius 3 is 1.08 bits per heavy atom. The molecule has 2 aliphatic carbocycles. The van der Waals surface area contributed by atoms with Gasteiger partial charge in [-0.1, -0.05) is 297 Å². The molecule has 2 aliphatic rings. The van der Waals surface area contributed by atoms with Crippen molar-refractivity contribution < 1.29 is 0 Å². The summed E-state index contributed by atoms with van der Waals surface area (Å²) in [6.45, 7) is 0. The first-order valence-corrected chi connectivity index (χ1v) is 41.6. The highest BCUT2D eigenvalue weighted by Gasteiger charge is 2.27. The molecule has 4 heteroatoms. The van der Waals surface area contributed by atoms with E-state index < -0.39 is 0 Å². The Hall–Kier alpha value is -15.9. The van der Waals surface area contributed by atoms with Crippen molar-refractivity contribution in [1.29, 1.82) is 0 Å². The molecular weight excluding hydrogens is 1450 g/mol. The van der Waals surface area contributed by atoms with Crippen LogP contribution in [0.4, 0.5) is 0 Å². The maximum absolute atomic E-state index is 2.44. The second-order valence-corrected chi connectivity index (χ2v) is 32.5. The molecule has 120 heavy (non-hydrogen) atoms. The van der Waals surface area contributed by atoms with Gasteiger partial charge in [-0.25, -0.2) is 0 Å². The van der Waals surface area contributed by atoms with Gasteiger partial charge in [0.15, 0.2) is 0 Å². The molecule has 0 N–H and O–H groups in total. The van der Waals surface area contributed by atoms with Crippen molar-refractivity contribution in [3.63, 3.8) is 0 Å². The molecule has 0 bridgehead atoms. The third kappa shape index (κ3) is 9.88. The topological polar surface area (TPSA) is 19.7 Å². The third-order valence-corrected chi connectivity index (χ3v) is 26.3. The first kappa shape index (κ1) is 66.4. The van der Waals surface area contributed by atoms with E-state index >= 15 is 0 Å². The zero-order valence-corrected chi connectivity index (χ0v) is 65.2. The van der Waals surface area contributed by atoms with E-state index in [2.05, 4.69) is 443 Å². The minimum Gasteiger partial charge on any atom is -0.309 e. The normalized spacial score (nSPS) is 12.2. The predicted molar refractivity (Wildman–Crippen MR) is 508 cm³/mol. The lowest BCUT2D eigenvalue weighted by Crippen LogP contribution is -1.95. The lowest BCUT2D eigenvalue weighted by molar-refractivity contribution is 1.18. The fraction of sp³-hybridized carbons (Fsp3) is 0. The van der Waals surface area contributed by atoms with Gasteiger partial charge in [0.05, 0.1) is 49.8 Å². The quantitative estimate of drug-likeness (QED) is 0.135. The molecule has 25 aromatic rings. The van der Waals surface area contributed by atoms with Gasteiger partial charge in [0.25, 0.3) is 0 Å². The van der Waals surface area contributed by atoms with Gasteiger partial charge in [0.1, 0.15) is 0 Å². The van der Waals surface area contributed by atoms with Gasteiger partial charge in [-0.05, 0) is 265 Å². The Kier molecular flexibility index (Phi) is 14.3. The Morgan fingerprint density at radius 2 is 0.483 bits per heavy atom. The molecule has 21 aromatic carbocycles. The highest BCUT2D eigenvalue weighted by Crippen LogP contribution is 2.53. The SMILES string of the molecule is c1cc(-c2ccc3c(c2)-c2cc4ccccc4c4cccc-3c24)cc(-n2c3ccccc3c3cc(-c4ccc5c(c4)c4ccccc4n5-c4cccc5ccccc45)ccc32)c1.c1ccc2c(c1)-c1cccc3c(-c4ccc(-n5c6ccccc6c6cc(-c7ccc8c(c7)c7ccccc7n8-c7ccc8ccccc8c7)ccc65)cc4)ccc-2c13. The summed E-state index contributed by atoms with van der Waals surface area (Å²) in [4.78, 5) is 0. The van der Waals surface area contributed by atoms with Gasteiger partial charge in [-0.15, -0.1) is 0 Å². The number of aromatic nitrogens is 4. The number of para-hydroxylation sites is 4. The molecular formula is C116H70N4. The van der Waals surface area contributed by atoms with E-state index in [4.69, 9.17) is 0 Å². The van der Waals surface area contributed by atoms with Crippen LogP contribution in [-0.4, -0.2) is 18.3 Å². The zero-order chi connectivity index (χ0) is 78.4. The summed E-state index contributed by atoms with van der Waals surface area (Å²) in [6, 6.07) is 157. The standard InChI is InChI=1S/C60H36N2.C56H34N2/c1-4-18-45-37(12-1)14-10-25-55(45)62-57-24-8-6-20-48(57)53-35-41(28-31-59(53)62)40-27-30-58-52(34-40)47-19-5-7-23-56(47)61(58)43-16-9-15-38(32-43)39-26-29-46-50-22-11-21-49-44-17-3-2-13-42(44)36-54(60(49)50)51(46)33-39;1-2-11-37-32-41(27-20-35(37)10-1)58-53-19-8-6-15-46(53)51-34-39(24-31-55(51)58)38-23-30-54-50(33-38)45-14-5-7-18-52(45)57(54)40-25-21-36(22-26-40)42-28-29-49-44-13-4-3-12-43(44)48-17-9-16-47(42)56(48)49/h1-36H;1-34H. The number of nitrogens with zero attached hydrogens (tertiary/aromatic N) is 4. The van der Waals surface area contributed by atoms with Gasteiger partial charge >= 0.3 is 0 Å². The average Bonchev–Trinajstić information content (AvgIpc) is 1.56. The predicted octanol–water partition coefficient (Wildman–Crippen LogP) is 31.5. The highest BCUT2D eigenvalue weighted by molar-refractivity contribution is 6.25. The molecule has 27 rings (SSSR count). The van der Waals surface area contributed by atoms with Crippen LogP contribution in [0.5, 0.6) is 0 Å². The molecule has 0 atom stereocenters. The number of fused-ring (bicyclic) bond motifs is 22. The summed E-state index contributed by atoms with van der Waals surface area (Å²) in [6.07, 6.45) is 0. The van der Waals surface area contributed by atoms with Crippen LogP contribution in [0.25, 0.3) is 253 Å². The minimum atomic E-state index is 1.15. The molecule has 4 heterocycles. The van der Waals surface area contributed by atoms with Crippen molar-refractivity contribution in [2.75, 3.05) is 0 Å².